The first-order valence-corrected chi connectivity index (χ1v) is 10.8. The van der Waals surface area contributed by atoms with Gasteiger partial charge in [-0.15, -0.1) is 11.3 Å². The Balaban J connectivity index is 1.86. The number of esters is 1. The van der Waals surface area contributed by atoms with Crippen molar-refractivity contribution in [1.82, 2.24) is 4.90 Å². The van der Waals surface area contributed by atoms with Gasteiger partial charge in [0.25, 0.3) is 0 Å². The summed E-state index contributed by atoms with van der Waals surface area (Å²) in [5, 5.41) is 5.03. The highest BCUT2D eigenvalue weighted by molar-refractivity contribution is 7.80. The molecule has 1 aliphatic carbocycles. The van der Waals surface area contributed by atoms with Crippen LogP contribution in [0.4, 0.5) is 5.00 Å². The number of aryl methyl sites for hydroxylation is 1. The molecule has 0 radical (unpaired) electrons. The van der Waals surface area contributed by atoms with Crippen molar-refractivity contribution in [2.24, 2.45) is 0 Å². The van der Waals surface area contributed by atoms with Gasteiger partial charge in [0, 0.05) is 18.0 Å². The van der Waals surface area contributed by atoms with Crippen molar-refractivity contribution >= 4 is 39.6 Å². The molecule has 1 aromatic heterocycles. The number of likely N-dealkylation sites (tertiary alicyclic amines) is 1. The first-order chi connectivity index (χ1) is 12.2. The van der Waals surface area contributed by atoms with Crippen molar-refractivity contribution in [3.05, 3.63) is 16.0 Å². The van der Waals surface area contributed by atoms with Gasteiger partial charge in [-0.2, -0.15) is 0 Å². The molecule has 1 saturated heterocycles. The van der Waals surface area contributed by atoms with Crippen molar-refractivity contribution in [2.75, 3.05) is 25.0 Å². The Bertz CT molecular complexity index is 621. The first kappa shape index (κ1) is 18.6. The van der Waals surface area contributed by atoms with Gasteiger partial charge in [0.05, 0.1) is 12.2 Å². The molecule has 6 heteroatoms. The summed E-state index contributed by atoms with van der Waals surface area (Å²) in [6.07, 6.45) is 10.6. The van der Waals surface area contributed by atoms with Gasteiger partial charge >= 0.3 is 5.97 Å². The third kappa shape index (κ3) is 4.53. The van der Waals surface area contributed by atoms with E-state index in [1.807, 2.05) is 6.92 Å². The number of nitrogens with one attached hydrogen (secondary N) is 1. The Morgan fingerprint density at radius 2 is 1.80 bits per heavy atom. The quantitative estimate of drug-likeness (QED) is 0.604. The van der Waals surface area contributed by atoms with Crippen molar-refractivity contribution < 1.29 is 9.53 Å². The number of fused-ring (bicyclic) bond motifs is 1. The third-order valence-electron chi connectivity index (χ3n) is 5.01. The molecule has 0 spiro atoms. The summed E-state index contributed by atoms with van der Waals surface area (Å²) in [5.41, 5.74) is 1.94. The number of ether oxygens (including phenoxy) is 1. The molecule has 3 rings (SSSR count). The summed E-state index contributed by atoms with van der Waals surface area (Å²) in [5.74, 6) is -0.204. The number of thiocarbonyl (C=S) groups is 1. The zero-order chi connectivity index (χ0) is 17.6. The molecular formula is C19H28N2O2S2. The van der Waals surface area contributed by atoms with Crippen LogP contribution >= 0.6 is 23.6 Å². The molecule has 1 fully saturated rings. The van der Waals surface area contributed by atoms with Gasteiger partial charge in [-0.05, 0) is 69.7 Å². The fourth-order valence-electron chi connectivity index (χ4n) is 3.70. The summed E-state index contributed by atoms with van der Waals surface area (Å²) in [7, 11) is 0. The van der Waals surface area contributed by atoms with Crippen LogP contribution in [-0.4, -0.2) is 35.7 Å². The van der Waals surface area contributed by atoms with E-state index < -0.39 is 0 Å². The molecule has 138 valence electrons. The van der Waals surface area contributed by atoms with Crippen LogP contribution < -0.4 is 5.32 Å². The number of anilines is 1. The average molecular weight is 381 g/mol. The summed E-state index contributed by atoms with van der Waals surface area (Å²) < 4.78 is 5.36. The van der Waals surface area contributed by atoms with E-state index in [2.05, 4.69) is 10.2 Å². The summed E-state index contributed by atoms with van der Waals surface area (Å²) in [4.78, 5) is 16.2. The molecule has 2 aliphatic rings. The van der Waals surface area contributed by atoms with Gasteiger partial charge in [0.1, 0.15) is 5.00 Å². The third-order valence-corrected chi connectivity index (χ3v) is 6.58. The Morgan fingerprint density at radius 1 is 1.12 bits per heavy atom. The summed E-state index contributed by atoms with van der Waals surface area (Å²) in [6.45, 7) is 4.27. The highest BCUT2D eigenvalue weighted by atomic mass is 32.1. The van der Waals surface area contributed by atoms with Gasteiger partial charge < -0.3 is 15.0 Å². The van der Waals surface area contributed by atoms with Crippen molar-refractivity contribution in [3.63, 3.8) is 0 Å². The molecule has 2 heterocycles. The molecule has 0 atom stereocenters. The van der Waals surface area contributed by atoms with E-state index in [0.29, 0.717) is 6.61 Å². The zero-order valence-electron chi connectivity index (χ0n) is 15.1. The van der Waals surface area contributed by atoms with E-state index in [-0.39, 0.29) is 5.97 Å². The normalized spacial score (nSPS) is 18.0. The smallest absolute Gasteiger partial charge is 0.341 e. The number of carbonyl (C=O) groups excluding carboxylic acids is 1. The lowest BCUT2D eigenvalue weighted by Gasteiger charge is -2.29. The Labute approximate surface area is 159 Å². The number of piperidine rings is 1. The lowest BCUT2D eigenvalue weighted by atomic mass is 9.96. The van der Waals surface area contributed by atoms with E-state index in [0.717, 1.165) is 48.0 Å². The Morgan fingerprint density at radius 3 is 2.52 bits per heavy atom. The lowest BCUT2D eigenvalue weighted by molar-refractivity contribution is 0.0526. The number of rotatable bonds is 3. The Kier molecular flexibility index (Phi) is 6.70. The van der Waals surface area contributed by atoms with Gasteiger partial charge in [0.15, 0.2) is 5.11 Å². The molecule has 0 bridgehead atoms. The van der Waals surface area contributed by atoms with E-state index in [4.69, 9.17) is 17.0 Å². The van der Waals surface area contributed by atoms with E-state index >= 15 is 0 Å². The molecule has 25 heavy (non-hydrogen) atoms. The zero-order valence-corrected chi connectivity index (χ0v) is 16.7. The fourth-order valence-corrected chi connectivity index (χ4v) is 5.33. The van der Waals surface area contributed by atoms with Crippen LogP contribution in [0.15, 0.2) is 0 Å². The van der Waals surface area contributed by atoms with E-state index in [9.17, 15) is 4.79 Å². The molecule has 0 aromatic carbocycles. The summed E-state index contributed by atoms with van der Waals surface area (Å²) >= 11 is 7.34. The molecule has 1 aliphatic heterocycles. The molecule has 1 N–H and O–H groups in total. The molecule has 0 amide bonds. The van der Waals surface area contributed by atoms with Crippen molar-refractivity contribution in [1.29, 1.82) is 0 Å². The minimum atomic E-state index is -0.204. The average Bonchev–Trinajstić information content (AvgIpc) is 2.92. The molecule has 0 saturated carbocycles. The van der Waals surface area contributed by atoms with Gasteiger partial charge in [-0.25, -0.2) is 4.79 Å². The number of hydrogen-bond acceptors (Lipinski definition) is 4. The highest BCUT2D eigenvalue weighted by Gasteiger charge is 2.26. The minimum Gasteiger partial charge on any atom is -0.462 e. The van der Waals surface area contributed by atoms with Crippen LogP contribution in [0, 0.1) is 0 Å². The molecule has 0 unspecified atom stereocenters. The van der Waals surface area contributed by atoms with Crippen LogP contribution in [0.2, 0.25) is 0 Å². The van der Waals surface area contributed by atoms with Crippen molar-refractivity contribution in [3.8, 4) is 0 Å². The van der Waals surface area contributed by atoms with Crippen LogP contribution in [0.3, 0.4) is 0 Å². The fraction of sp³-hybridized carbons (Fsp3) is 0.684. The predicted molar refractivity (Wildman–Crippen MR) is 108 cm³/mol. The first-order valence-electron chi connectivity index (χ1n) is 9.58. The van der Waals surface area contributed by atoms with E-state index in [1.54, 1.807) is 11.3 Å². The predicted octanol–water partition coefficient (Wildman–Crippen LogP) is 4.77. The highest BCUT2D eigenvalue weighted by Crippen LogP contribution is 2.37. The lowest BCUT2D eigenvalue weighted by Crippen LogP contribution is -2.38. The minimum absolute atomic E-state index is 0.204. The number of nitrogens with zero attached hydrogens (tertiary/aromatic N) is 1. The maximum absolute atomic E-state index is 12.6. The summed E-state index contributed by atoms with van der Waals surface area (Å²) in [6, 6.07) is 0. The van der Waals surface area contributed by atoms with Gasteiger partial charge in [-0.3, -0.25) is 0 Å². The Hall–Kier alpha value is -1.14. The van der Waals surface area contributed by atoms with Crippen molar-refractivity contribution in [2.45, 2.75) is 64.7 Å². The molecule has 4 nitrogen and oxygen atoms in total. The standard InChI is InChI=1S/C19H28N2O2S2/c1-2-23-18(22)16-14-10-6-3-4-7-11-15(14)25-17(16)20-19(24)21-12-8-5-9-13-21/h2-13H2,1H3,(H,20,24). The van der Waals surface area contributed by atoms with Crippen LogP contribution in [0.25, 0.3) is 0 Å². The molecular weight excluding hydrogens is 352 g/mol. The largest absolute Gasteiger partial charge is 0.462 e. The second-order valence-electron chi connectivity index (χ2n) is 6.82. The monoisotopic (exact) mass is 380 g/mol. The van der Waals surface area contributed by atoms with Crippen LogP contribution in [0.5, 0.6) is 0 Å². The van der Waals surface area contributed by atoms with Gasteiger partial charge in [-0.1, -0.05) is 12.8 Å². The second-order valence-corrected chi connectivity index (χ2v) is 8.31. The van der Waals surface area contributed by atoms with Crippen LogP contribution in [0.1, 0.15) is 72.7 Å². The number of carbonyl (C=O) groups is 1. The van der Waals surface area contributed by atoms with Crippen LogP contribution in [-0.2, 0) is 17.6 Å². The van der Waals surface area contributed by atoms with Gasteiger partial charge in [0.2, 0.25) is 0 Å². The molecule has 1 aromatic rings. The SMILES string of the molecule is CCOC(=O)c1c(NC(=S)N2CCCCC2)sc2c1CCCCCC2. The number of thiophene rings is 1. The maximum Gasteiger partial charge on any atom is 0.341 e. The second kappa shape index (κ2) is 8.99. The number of hydrogen-bond donors (Lipinski definition) is 1. The maximum atomic E-state index is 12.6. The topological polar surface area (TPSA) is 41.6 Å². The van der Waals surface area contributed by atoms with E-state index in [1.165, 1.54) is 49.0 Å².